The first-order valence-electron chi connectivity index (χ1n) is 6.59. The van der Waals surface area contributed by atoms with E-state index in [0.29, 0.717) is 28.1 Å². The number of hydrogen-bond donors (Lipinski definition) is 1. The van der Waals surface area contributed by atoms with Gasteiger partial charge in [-0.15, -0.1) is 0 Å². The number of benzene rings is 1. The summed E-state index contributed by atoms with van der Waals surface area (Å²) in [6, 6.07) is 3.31. The minimum absolute atomic E-state index is 0.0413. The van der Waals surface area contributed by atoms with Crippen LogP contribution < -0.4 is 0 Å². The summed E-state index contributed by atoms with van der Waals surface area (Å²) >= 11 is 14.2. The molecule has 1 saturated carbocycles. The maximum atomic E-state index is 12.6. The van der Waals surface area contributed by atoms with Crippen LogP contribution in [0.5, 0.6) is 0 Å². The van der Waals surface area contributed by atoms with E-state index in [1.165, 1.54) is 0 Å². The SMILES string of the molecule is O=C(c1cc(Cl)cc(Cl)c1I)N1CC2CCC(O)C2C1. The standard InChI is InChI=1S/C14H14Cl2INO2/c15-8-3-9(13(17)11(16)4-8)14(20)18-5-7-1-2-12(19)10(7)6-18/h3-4,7,10,12,19H,1-2,5-6H2. The zero-order valence-electron chi connectivity index (χ0n) is 10.7. The van der Waals surface area contributed by atoms with E-state index in [9.17, 15) is 9.90 Å². The number of rotatable bonds is 1. The van der Waals surface area contributed by atoms with E-state index in [1.807, 2.05) is 4.90 Å². The zero-order chi connectivity index (χ0) is 14.4. The van der Waals surface area contributed by atoms with Gasteiger partial charge >= 0.3 is 0 Å². The first-order chi connectivity index (χ1) is 9.47. The van der Waals surface area contributed by atoms with Gasteiger partial charge < -0.3 is 10.0 Å². The van der Waals surface area contributed by atoms with Crippen molar-refractivity contribution in [2.45, 2.75) is 18.9 Å². The highest BCUT2D eigenvalue weighted by molar-refractivity contribution is 14.1. The highest BCUT2D eigenvalue weighted by Crippen LogP contribution is 2.39. The Bertz CT molecular complexity index is 566. The zero-order valence-corrected chi connectivity index (χ0v) is 14.3. The van der Waals surface area contributed by atoms with Gasteiger partial charge in [-0.25, -0.2) is 0 Å². The number of carbonyl (C=O) groups is 1. The van der Waals surface area contributed by atoms with Crippen LogP contribution in [0.3, 0.4) is 0 Å². The fourth-order valence-electron chi connectivity index (χ4n) is 3.28. The van der Waals surface area contributed by atoms with Crippen molar-refractivity contribution in [3.63, 3.8) is 0 Å². The predicted octanol–water partition coefficient (Wildman–Crippen LogP) is 3.44. The van der Waals surface area contributed by atoms with Gasteiger partial charge in [0.25, 0.3) is 5.91 Å². The molecule has 1 heterocycles. The van der Waals surface area contributed by atoms with E-state index < -0.39 is 0 Å². The third-order valence-corrected chi connectivity index (χ3v) is 6.33. The second-order valence-electron chi connectivity index (χ2n) is 5.53. The number of nitrogens with zero attached hydrogens (tertiary/aromatic N) is 1. The second kappa shape index (κ2) is 5.63. The fraction of sp³-hybridized carbons (Fsp3) is 0.500. The van der Waals surface area contributed by atoms with Crippen molar-refractivity contribution >= 4 is 51.7 Å². The van der Waals surface area contributed by atoms with Gasteiger partial charge in [0.1, 0.15) is 0 Å². The number of halogens is 3. The third kappa shape index (κ3) is 2.56. The lowest BCUT2D eigenvalue weighted by molar-refractivity contribution is 0.0751. The largest absolute Gasteiger partial charge is 0.393 e. The Morgan fingerprint density at radius 3 is 2.75 bits per heavy atom. The van der Waals surface area contributed by atoms with Crippen molar-refractivity contribution in [2.75, 3.05) is 13.1 Å². The summed E-state index contributed by atoms with van der Waals surface area (Å²) in [6.45, 7) is 1.35. The smallest absolute Gasteiger partial charge is 0.255 e. The number of hydrogen-bond acceptors (Lipinski definition) is 2. The molecule has 1 aliphatic heterocycles. The van der Waals surface area contributed by atoms with Crippen molar-refractivity contribution in [2.24, 2.45) is 11.8 Å². The summed E-state index contributed by atoms with van der Waals surface area (Å²) in [5.74, 6) is 0.618. The molecule has 1 aliphatic carbocycles. The number of likely N-dealkylation sites (tertiary alicyclic amines) is 1. The predicted molar refractivity (Wildman–Crippen MR) is 87.3 cm³/mol. The molecule has 1 N–H and O–H groups in total. The maximum Gasteiger partial charge on any atom is 0.255 e. The molecule has 2 fully saturated rings. The van der Waals surface area contributed by atoms with Gasteiger partial charge in [-0.1, -0.05) is 23.2 Å². The van der Waals surface area contributed by atoms with E-state index in [0.717, 1.165) is 23.0 Å². The van der Waals surface area contributed by atoms with Crippen molar-refractivity contribution in [3.05, 3.63) is 31.3 Å². The van der Waals surface area contributed by atoms with Gasteiger partial charge in [-0.3, -0.25) is 4.79 Å². The van der Waals surface area contributed by atoms with Crippen LogP contribution in [0.25, 0.3) is 0 Å². The average Bonchev–Trinajstić information content (AvgIpc) is 2.96. The van der Waals surface area contributed by atoms with Crippen molar-refractivity contribution in [1.82, 2.24) is 4.90 Å². The van der Waals surface area contributed by atoms with E-state index in [4.69, 9.17) is 23.2 Å². The lowest BCUT2D eigenvalue weighted by Crippen LogP contribution is -2.31. The first kappa shape index (κ1) is 14.9. The molecule has 0 aromatic heterocycles. The summed E-state index contributed by atoms with van der Waals surface area (Å²) in [7, 11) is 0. The van der Waals surface area contributed by atoms with Gasteiger partial charge in [0.2, 0.25) is 0 Å². The number of amides is 1. The monoisotopic (exact) mass is 425 g/mol. The number of aliphatic hydroxyl groups is 1. The van der Waals surface area contributed by atoms with Crippen LogP contribution in [0.4, 0.5) is 0 Å². The minimum Gasteiger partial charge on any atom is -0.393 e. The lowest BCUT2D eigenvalue weighted by Gasteiger charge is -2.19. The van der Waals surface area contributed by atoms with Crippen molar-refractivity contribution < 1.29 is 9.90 Å². The molecule has 1 aromatic carbocycles. The molecule has 6 heteroatoms. The Kier molecular flexibility index (Phi) is 4.19. The van der Waals surface area contributed by atoms with Gasteiger partial charge in [-0.05, 0) is 53.5 Å². The Labute approximate surface area is 141 Å². The van der Waals surface area contributed by atoms with Gasteiger partial charge in [0.15, 0.2) is 0 Å². The highest BCUT2D eigenvalue weighted by atomic mass is 127. The number of carbonyl (C=O) groups excluding carboxylic acids is 1. The van der Waals surface area contributed by atoms with E-state index >= 15 is 0 Å². The molecule has 0 bridgehead atoms. The Morgan fingerprint density at radius 1 is 1.30 bits per heavy atom. The summed E-state index contributed by atoms with van der Waals surface area (Å²) in [5, 5.41) is 10.9. The molecule has 3 nitrogen and oxygen atoms in total. The van der Waals surface area contributed by atoms with E-state index in [-0.39, 0.29) is 17.9 Å². The quantitative estimate of drug-likeness (QED) is 0.553. The van der Waals surface area contributed by atoms with Gasteiger partial charge in [0, 0.05) is 27.6 Å². The Hall–Kier alpha value is -0.0400. The second-order valence-corrected chi connectivity index (χ2v) is 7.45. The Balaban J connectivity index is 1.84. The van der Waals surface area contributed by atoms with Gasteiger partial charge in [-0.2, -0.15) is 0 Å². The molecule has 0 spiro atoms. The van der Waals surface area contributed by atoms with Crippen LogP contribution >= 0.6 is 45.8 Å². The maximum absolute atomic E-state index is 12.6. The molecular weight excluding hydrogens is 412 g/mol. The molecule has 1 aromatic rings. The van der Waals surface area contributed by atoms with Crippen LogP contribution in [-0.4, -0.2) is 35.1 Å². The van der Waals surface area contributed by atoms with Crippen LogP contribution in [0.2, 0.25) is 10.0 Å². The van der Waals surface area contributed by atoms with E-state index in [2.05, 4.69) is 22.6 Å². The van der Waals surface area contributed by atoms with Crippen LogP contribution in [0.1, 0.15) is 23.2 Å². The van der Waals surface area contributed by atoms with Crippen molar-refractivity contribution in [3.8, 4) is 0 Å². The minimum atomic E-state index is -0.264. The number of aliphatic hydroxyl groups excluding tert-OH is 1. The molecule has 1 amide bonds. The molecule has 3 rings (SSSR count). The lowest BCUT2D eigenvalue weighted by atomic mass is 10.00. The van der Waals surface area contributed by atoms with Crippen molar-refractivity contribution in [1.29, 1.82) is 0 Å². The van der Waals surface area contributed by atoms with Crippen LogP contribution in [-0.2, 0) is 0 Å². The Morgan fingerprint density at radius 2 is 2.05 bits per heavy atom. The molecule has 3 atom stereocenters. The first-order valence-corrected chi connectivity index (χ1v) is 8.42. The molecule has 0 radical (unpaired) electrons. The van der Waals surface area contributed by atoms with Gasteiger partial charge in [0.05, 0.1) is 16.7 Å². The molecule has 1 saturated heterocycles. The number of fused-ring (bicyclic) bond motifs is 1. The molecule has 20 heavy (non-hydrogen) atoms. The van der Waals surface area contributed by atoms with Crippen LogP contribution in [0.15, 0.2) is 12.1 Å². The molecule has 108 valence electrons. The summed E-state index contributed by atoms with van der Waals surface area (Å²) in [4.78, 5) is 14.5. The average molecular weight is 426 g/mol. The normalized spacial score (nSPS) is 28.8. The highest BCUT2D eigenvalue weighted by Gasteiger charge is 2.43. The summed E-state index contributed by atoms with van der Waals surface area (Å²) in [5.41, 5.74) is 0.553. The molecule has 2 aliphatic rings. The van der Waals surface area contributed by atoms with Crippen LogP contribution in [0, 0.1) is 15.4 Å². The summed E-state index contributed by atoms with van der Waals surface area (Å²) in [6.07, 6.45) is 1.60. The molecule has 3 unspecified atom stereocenters. The fourth-order valence-corrected chi connectivity index (χ4v) is 4.32. The molecular formula is C14H14Cl2INO2. The summed E-state index contributed by atoms with van der Waals surface area (Å²) < 4.78 is 0.733. The topological polar surface area (TPSA) is 40.5 Å². The van der Waals surface area contributed by atoms with E-state index in [1.54, 1.807) is 12.1 Å². The third-order valence-electron chi connectivity index (χ3n) is 4.33.